The van der Waals surface area contributed by atoms with Crippen molar-refractivity contribution in [2.24, 2.45) is 5.92 Å². The largest absolute Gasteiger partial charge is 0.303 e. The number of hydrogen-bond donors (Lipinski definition) is 0. The zero-order valence-electron chi connectivity index (χ0n) is 12.7. The van der Waals surface area contributed by atoms with Crippen molar-refractivity contribution in [1.82, 2.24) is 9.80 Å². The lowest BCUT2D eigenvalue weighted by Crippen LogP contribution is -2.47. The first-order chi connectivity index (χ1) is 8.61. The molecule has 2 saturated heterocycles. The molecule has 2 fully saturated rings. The van der Waals surface area contributed by atoms with E-state index in [4.69, 9.17) is 0 Å². The first kappa shape index (κ1) is 15.9. The van der Waals surface area contributed by atoms with Crippen LogP contribution in [-0.4, -0.2) is 54.7 Å². The quantitative estimate of drug-likeness (QED) is 0.767. The minimum atomic E-state index is -0.907. The Balaban J connectivity index is 0.000000771. The van der Waals surface area contributed by atoms with Crippen LogP contribution in [0.5, 0.6) is 0 Å². The van der Waals surface area contributed by atoms with Gasteiger partial charge in [0.25, 0.3) is 0 Å². The molecule has 1 unspecified atom stereocenters. The van der Waals surface area contributed by atoms with E-state index >= 15 is 0 Å². The molecule has 0 saturated carbocycles. The number of hydrogen-bond acceptors (Lipinski definition) is 2. The second-order valence-corrected chi connectivity index (χ2v) is 5.71. The minimum Gasteiger partial charge on any atom is -0.303 e. The van der Waals surface area contributed by atoms with Gasteiger partial charge in [-0.15, -0.1) is 0 Å². The fourth-order valence-electron chi connectivity index (χ4n) is 3.00. The molecule has 0 aromatic carbocycles. The van der Waals surface area contributed by atoms with Crippen LogP contribution in [0.25, 0.3) is 0 Å². The Hall–Kier alpha value is -0.150. The molecule has 0 aromatic rings. The minimum absolute atomic E-state index is 0.675. The van der Waals surface area contributed by atoms with Crippen LogP contribution in [0.4, 0.5) is 4.39 Å². The van der Waals surface area contributed by atoms with Gasteiger partial charge in [0.2, 0.25) is 0 Å². The van der Waals surface area contributed by atoms with E-state index in [-0.39, 0.29) is 0 Å². The highest BCUT2D eigenvalue weighted by atomic mass is 19.1. The normalized spacial score (nSPS) is 28.8. The summed E-state index contributed by atoms with van der Waals surface area (Å²) in [6.07, 6.45) is 2.70. The van der Waals surface area contributed by atoms with Gasteiger partial charge in [-0.05, 0) is 38.3 Å². The Kier molecular flexibility index (Phi) is 6.58. The van der Waals surface area contributed by atoms with Crippen molar-refractivity contribution in [2.45, 2.75) is 52.6 Å². The van der Waals surface area contributed by atoms with Crippen molar-refractivity contribution in [3.8, 4) is 0 Å². The van der Waals surface area contributed by atoms with E-state index in [1.54, 1.807) is 0 Å². The van der Waals surface area contributed by atoms with E-state index in [1.807, 2.05) is 13.8 Å². The Bertz CT molecular complexity index is 225. The molecular formula is C15H31FN2. The second kappa shape index (κ2) is 7.44. The summed E-state index contributed by atoms with van der Waals surface area (Å²) < 4.78 is 14.6. The Labute approximate surface area is 113 Å². The van der Waals surface area contributed by atoms with Gasteiger partial charge in [0, 0.05) is 26.2 Å². The molecule has 0 N–H and O–H groups in total. The third-order valence-electron chi connectivity index (χ3n) is 4.21. The van der Waals surface area contributed by atoms with Gasteiger partial charge in [-0.2, -0.15) is 0 Å². The van der Waals surface area contributed by atoms with E-state index in [1.165, 1.54) is 6.42 Å². The molecule has 0 aromatic heterocycles. The van der Waals surface area contributed by atoms with Crippen molar-refractivity contribution in [3.63, 3.8) is 0 Å². The molecule has 2 aliphatic heterocycles. The van der Waals surface area contributed by atoms with Gasteiger partial charge >= 0.3 is 0 Å². The molecular weight excluding hydrogens is 227 g/mol. The molecule has 3 heteroatoms. The highest BCUT2D eigenvalue weighted by Gasteiger charge is 2.36. The van der Waals surface area contributed by atoms with Gasteiger partial charge in [0.15, 0.2) is 0 Å². The van der Waals surface area contributed by atoms with E-state index in [9.17, 15) is 4.39 Å². The van der Waals surface area contributed by atoms with Crippen LogP contribution in [0.1, 0.15) is 47.0 Å². The van der Waals surface area contributed by atoms with Gasteiger partial charge < -0.3 is 4.90 Å². The zero-order chi connectivity index (χ0) is 13.6. The number of alkyl halides is 1. The summed E-state index contributed by atoms with van der Waals surface area (Å²) in [6.45, 7) is 14.3. The topological polar surface area (TPSA) is 6.48 Å². The predicted octanol–water partition coefficient (Wildman–Crippen LogP) is 3.18. The molecule has 2 nitrogen and oxygen atoms in total. The van der Waals surface area contributed by atoms with Gasteiger partial charge in [-0.3, -0.25) is 4.90 Å². The monoisotopic (exact) mass is 258 g/mol. The smallest absolute Gasteiger partial charge is 0.126 e. The number of piperidine rings is 1. The molecule has 18 heavy (non-hydrogen) atoms. The summed E-state index contributed by atoms with van der Waals surface area (Å²) in [5.41, 5.74) is -0.907. The van der Waals surface area contributed by atoms with Gasteiger partial charge in [0.05, 0.1) is 0 Å². The van der Waals surface area contributed by atoms with Crippen LogP contribution in [0.3, 0.4) is 0 Å². The van der Waals surface area contributed by atoms with E-state index in [0.717, 1.165) is 51.5 Å². The maximum atomic E-state index is 14.6. The van der Waals surface area contributed by atoms with Crippen LogP contribution in [-0.2, 0) is 0 Å². The average molecular weight is 258 g/mol. The molecule has 0 radical (unpaired) electrons. The SMILES string of the molecule is CC.CCN1CCC(F)(CN2CCC(C)C2)CC1. The van der Waals surface area contributed by atoms with E-state index in [2.05, 4.69) is 23.6 Å². The lowest BCUT2D eigenvalue weighted by atomic mass is 9.93. The van der Waals surface area contributed by atoms with E-state index in [0.29, 0.717) is 6.54 Å². The van der Waals surface area contributed by atoms with Crippen molar-refractivity contribution >= 4 is 0 Å². The fourth-order valence-corrected chi connectivity index (χ4v) is 3.00. The molecule has 2 heterocycles. The lowest BCUT2D eigenvalue weighted by Gasteiger charge is -2.38. The molecule has 0 spiro atoms. The second-order valence-electron chi connectivity index (χ2n) is 5.71. The maximum absolute atomic E-state index is 14.6. The average Bonchev–Trinajstić information content (AvgIpc) is 2.78. The third kappa shape index (κ3) is 4.51. The predicted molar refractivity (Wildman–Crippen MR) is 76.8 cm³/mol. The van der Waals surface area contributed by atoms with Gasteiger partial charge in [-0.1, -0.05) is 27.7 Å². The fraction of sp³-hybridized carbons (Fsp3) is 1.00. The molecule has 108 valence electrons. The van der Waals surface area contributed by atoms with Crippen molar-refractivity contribution in [2.75, 3.05) is 39.3 Å². The zero-order valence-corrected chi connectivity index (χ0v) is 12.7. The standard InChI is InChI=1S/C13H25FN2.C2H6/c1-3-15-8-5-13(14,6-9-15)11-16-7-4-12(2)10-16;1-2/h12H,3-11H2,1-2H3;1-2H3. The number of halogens is 1. The van der Waals surface area contributed by atoms with Crippen LogP contribution >= 0.6 is 0 Å². The summed E-state index contributed by atoms with van der Waals surface area (Å²) >= 11 is 0. The Morgan fingerprint density at radius 1 is 1.11 bits per heavy atom. The van der Waals surface area contributed by atoms with E-state index < -0.39 is 5.67 Å². The van der Waals surface area contributed by atoms with Crippen LogP contribution < -0.4 is 0 Å². The Morgan fingerprint density at radius 2 is 1.72 bits per heavy atom. The van der Waals surface area contributed by atoms with Crippen molar-refractivity contribution < 1.29 is 4.39 Å². The summed E-state index contributed by atoms with van der Waals surface area (Å²) in [6, 6.07) is 0. The number of likely N-dealkylation sites (tertiary alicyclic amines) is 2. The highest BCUT2D eigenvalue weighted by Crippen LogP contribution is 2.29. The highest BCUT2D eigenvalue weighted by molar-refractivity contribution is 4.90. The van der Waals surface area contributed by atoms with Crippen LogP contribution in [0.15, 0.2) is 0 Å². The summed E-state index contributed by atoms with van der Waals surface area (Å²) in [7, 11) is 0. The molecule has 0 amide bonds. The molecule has 0 bridgehead atoms. The summed E-state index contributed by atoms with van der Waals surface area (Å²) in [5, 5.41) is 0. The molecule has 0 aliphatic carbocycles. The van der Waals surface area contributed by atoms with Gasteiger partial charge in [-0.25, -0.2) is 4.39 Å². The van der Waals surface area contributed by atoms with Crippen LogP contribution in [0.2, 0.25) is 0 Å². The van der Waals surface area contributed by atoms with Crippen molar-refractivity contribution in [3.05, 3.63) is 0 Å². The van der Waals surface area contributed by atoms with Crippen LogP contribution in [0, 0.1) is 5.92 Å². The first-order valence-electron chi connectivity index (χ1n) is 7.75. The maximum Gasteiger partial charge on any atom is 0.126 e. The summed E-state index contributed by atoms with van der Waals surface area (Å²) in [4.78, 5) is 4.68. The number of rotatable bonds is 3. The molecule has 1 atom stereocenters. The van der Waals surface area contributed by atoms with Gasteiger partial charge in [0.1, 0.15) is 5.67 Å². The molecule has 2 aliphatic rings. The van der Waals surface area contributed by atoms with Crippen molar-refractivity contribution in [1.29, 1.82) is 0 Å². The molecule has 2 rings (SSSR count). The Morgan fingerprint density at radius 3 is 2.17 bits per heavy atom. The lowest BCUT2D eigenvalue weighted by molar-refractivity contribution is 0.0313. The first-order valence-corrected chi connectivity index (χ1v) is 7.75. The third-order valence-corrected chi connectivity index (χ3v) is 4.21. The number of nitrogens with zero attached hydrogens (tertiary/aromatic N) is 2. The summed E-state index contributed by atoms with van der Waals surface area (Å²) in [5.74, 6) is 0.763.